The maximum absolute atomic E-state index is 13.0. The van der Waals surface area contributed by atoms with E-state index in [1.165, 1.54) is 0 Å². The normalized spacial score (nSPS) is 23.4. The minimum Gasteiger partial charge on any atom is -0.444 e. The molecule has 10 nitrogen and oxygen atoms in total. The molecule has 4 aliphatic heterocycles. The minimum absolute atomic E-state index is 0.0267. The van der Waals surface area contributed by atoms with Crippen LogP contribution in [-0.4, -0.2) is 95.0 Å². The van der Waals surface area contributed by atoms with E-state index in [0.29, 0.717) is 37.5 Å². The van der Waals surface area contributed by atoms with Crippen molar-refractivity contribution in [3.05, 3.63) is 29.3 Å². The van der Waals surface area contributed by atoms with Crippen molar-refractivity contribution >= 4 is 29.5 Å². The Hall–Kier alpha value is -3.14. The molecule has 4 amide bonds. The zero-order chi connectivity index (χ0) is 28.8. The lowest BCUT2D eigenvalue weighted by atomic mass is 9.78. The number of carbonyl (C=O) groups excluding carboxylic acids is 4. The standard InChI is InChI=1S/C30H43N5O5/c1-29(2,3)40-28(39)33-14-16-34(17-15-33)30(4,5)21-10-12-32(13-11-21)22-6-7-23-20(18-22)19-35(27(23)38)24-8-9-25(36)31-26(24)37/h6-7,18,21,24H,8-17,19H2,1-5H3,(H,31,36,37). The highest BCUT2D eigenvalue weighted by Gasteiger charge is 2.41. The number of fused-ring (bicyclic) bond motifs is 1. The third-order valence-corrected chi connectivity index (χ3v) is 9.11. The van der Waals surface area contributed by atoms with Gasteiger partial charge in [0.25, 0.3) is 5.91 Å². The van der Waals surface area contributed by atoms with E-state index < -0.39 is 11.6 Å². The Labute approximate surface area is 237 Å². The van der Waals surface area contributed by atoms with Crippen LogP contribution in [0.25, 0.3) is 0 Å². The number of anilines is 1. The van der Waals surface area contributed by atoms with Crippen LogP contribution in [0.4, 0.5) is 10.5 Å². The number of piperazine rings is 1. The second-order valence-electron chi connectivity index (χ2n) is 13.1. The Kier molecular flexibility index (Phi) is 7.58. The van der Waals surface area contributed by atoms with Crippen molar-refractivity contribution < 1.29 is 23.9 Å². The van der Waals surface area contributed by atoms with Gasteiger partial charge in [0, 0.05) is 69.0 Å². The number of benzene rings is 1. The highest BCUT2D eigenvalue weighted by Crippen LogP contribution is 2.36. The first-order valence-electron chi connectivity index (χ1n) is 14.6. The van der Waals surface area contributed by atoms with E-state index in [0.717, 1.165) is 50.3 Å². The summed E-state index contributed by atoms with van der Waals surface area (Å²) in [5.41, 5.74) is 2.24. The van der Waals surface area contributed by atoms with Crippen molar-refractivity contribution in [1.29, 1.82) is 0 Å². The van der Waals surface area contributed by atoms with Crippen LogP contribution in [0.1, 0.15) is 76.2 Å². The molecule has 0 aliphatic carbocycles. The molecule has 0 bridgehead atoms. The summed E-state index contributed by atoms with van der Waals surface area (Å²) in [5.74, 6) is -0.255. The Balaban J connectivity index is 1.16. The molecule has 1 aromatic carbocycles. The predicted octanol–water partition coefficient (Wildman–Crippen LogP) is 3.00. The van der Waals surface area contributed by atoms with Gasteiger partial charge in [-0.1, -0.05) is 0 Å². The molecule has 3 saturated heterocycles. The van der Waals surface area contributed by atoms with Crippen LogP contribution in [0, 0.1) is 5.92 Å². The second kappa shape index (κ2) is 10.7. The molecule has 0 spiro atoms. The minimum atomic E-state index is -0.593. The highest BCUT2D eigenvalue weighted by molar-refractivity contribution is 6.05. The van der Waals surface area contributed by atoms with Crippen molar-refractivity contribution in [1.82, 2.24) is 20.0 Å². The van der Waals surface area contributed by atoms with Crippen molar-refractivity contribution in [2.45, 2.75) is 84.0 Å². The first-order chi connectivity index (χ1) is 18.8. The lowest BCUT2D eigenvalue weighted by molar-refractivity contribution is -0.136. The Morgan fingerprint density at radius 3 is 2.23 bits per heavy atom. The van der Waals surface area contributed by atoms with Crippen LogP contribution in [0.3, 0.4) is 0 Å². The van der Waals surface area contributed by atoms with E-state index in [2.05, 4.69) is 35.0 Å². The number of hydrogen-bond donors (Lipinski definition) is 1. The number of piperidine rings is 2. The predicted molar refractivity (Wildman–Crippen MR) is 151 cm³/mol. The zero-order valence-corrected chi connectivity index (χ0v) is 24.5. The summed E-state index contributed by atoms with van der Waals surface area (Å²) in [6.45, 7) is 15.7. The van der Waals surface area contributed by atoms with Gasteiger partial charge in [0.15, 0.2) is 0 Å². The average molecular weight is 554 g/mol. The summed E-state index contributed by atoms with van der Waals surface area (Å²) in [6.07, 6.45) is 2.54. The molecule has 10 heteroatoms. The Morgan fingerprint density at radius 1 is 0.925 bits per heavy atom. The molecule has 3 fully saturated rings. The molecule has 40 heavy (non-hydrogen) atoms. The molecule has 0 saturated carbocycles. The lowest BCUT2D eigenvalue weighted by Gasteiger charge is -2.50. The molecule has 218 valence electrons. The van der Waals surface area contributed by atoms with Crippen LogP contribution >= 0.6 is 0 Å². The summed E-state index contributed by atoms with van der Waals surface area (Å²) in [4.78, 5) is 57.8. The third-order valence-electron chi connectivity index (χ3n) is 9.11. The van der Waals surface area contributed by atoms with Gasteiger partial charge in [0.2, 0.25) is 11.8 Å². The molecule has 1 aromatic rings. The molecule has 0 radical (unpaired) electrons. The third kappa shape index (κ3) is 5.68. The van der Waals surface area contributed by atoms with Gasteiger partial charge in [-0.25, -0.2) is 4.79 Å². The SMILES string of the molecule is CC(C)(C)OC(=O)N1CCN(C(C)(C)C2CCN(c3ccc4c(c3)CN(C3CCC(=O)NC3=O)C4=O)CC2)CC1. The summed E-state index contributed by atoms with van der Waals surface area (Å²) in [5, 5.41) is 2.37. The largest absolute Gasteiger partial charge is 0.444 e. The highest BCUT2D eigenvalue weighted by atomic mass is 16.6. The second-order valence-corrected chi connectivity index (χ2v) is 13.1. The molecular weight excluding hydrogens is 510 g/mol. The molecule has 5 rings (SSSR count). The Morgan fingerprint density at radius 2 is 1.60 bits per heavy atom. The zero-order valence-electron chi connectivity index (χ0n) is 24.5. The molecule has 1 atom stereocenters. The fraction of sp³-hybridized carbons (Fsp3) is 0.667. The first kappa shape index (κ1) is 28.4. The summed E-state index contributed by atoms with van der Waals surface area (Å²) in [6, 6.07) is 5.41. The molecule has 0 aromatic heterocycles. The van der Waals surface area contributed by atoms with Crippen LogP contribution in [0.15, 0.2) is 18.2 Å². The number of imide groups is 1. The number of carbonyl (C=O) groups is 4. The smallest absolute Gasteiger partial charge is 0.410 e. The molecule has 1 unspecified atom stereocenters. The fourth-order valence-electron chi connectivity index (χ4n) is 6.65. The molecule has 4 aliphatic rings. The van der Waals surface area contributed by atoms with E-state index >= 15 is 0 Å². The lowest BCUT2D eigenvalue weighted by Crippen LogP contribution is -2.59. The number of nitrogens with one attached hydrogen (secondary N) is 1. The quantitative estimate of drug-likeness (QED) is 0.572. The van der Waals surface area contributed by atoms with Gasteiger partial charge in [-0.2, -0.15) is 0 Å². The molecule has 1 N–H and O–H groups in total. The van der Waals surface area contributed by atoms with Gasteiger partial charge >= 0.3 is 6.09 Å². The summed E-state index contributed by atoms with van der Waals surface area (Å²) in [7, 11) is 0. The maximum atomic E-state index is 13.0. The number of rotatable bonds is 4. The topological polar surface area (TPSA) is 102 Å². The maximum Gasteiger partial charge on any atom is 0.410 e. The van der Waals surface area contributed by atoms with E-state index in [4.69, 9.17) is 4.74 Å². The van der Waals surface area contributed by atoms with Gasteiger partial charge in [0.1, 0.15) is 11.6 Å². The fourth-order valence-corrected chi connectivity index (χ4v) is 6.65. The van der Waals surface area contributed by atoms with Crippen LogP contribution in [0.2, 0.25) is 0 Å². The van der Waals surface area contributed by atoms with Crippen LogP contribution in [0.5, 0.6) is 0 Å². The number of nitrogens with zero attached hydrogens (tertiary/aromatic N) is 4. The number of hydrogen-bond acceptors (Lipinski definition) is 7. The van der Waals surface area contributed by atoms with Crippen molar-refractivity contribution in [2.24, 2.45) is 5.92 Å². The van der Waals surface area contributed by atoms with E-state index in [9.17, 15) is 19.2 Å². The number of amides is 4. The molecule has 4 heterocycles. The summed E-state index contributed by atoms with van der Waals surface area (Å²) < 4.78 is 5.56. The van der Waals surface area contributed by atoms with E-state index in [1.54, 1.807) is 4.90 Å². The van der Waals surface area contributed by atoms with Gasteiger partial charge in [-0.05, 0) is 83.6 Å². The van der Waals surface area contributed by atoms with Crippen LogP contribution < -0.4 is 10.2 Å². The van der Waals surface area contributed by atoms with E-state index in [1.807, 2.05) is 37.8 Å². The van der Waals surface area contributed by atoms with Crippen molar-refractivity contribution in [3.63, 3.8) is 0 Å². The Bertz CT molecular complexity index is 1180. The van der Waals surface area contributed by atoms with Gasteiger partial charge in [0.05, 0.1) is 0 Å². The van der Waals surface area contributed by atoms with E-state index in [-0.39, 0.29) is 35.8 Å². The van der Waals surface area contributed by atoms with Crippen molar-refractivity contribution in [3.8, 4) is 0 Å². The summed E-state index contributed by atoms with van der Waals surface area (Å²) >= 11 is 0. The van der Waals surface area contributed by atoms with Crippen molar-refractivity contribution in [2.75, 3.05) is 44.2 Å². The van der Waals surface area contributed by atoms with Gasteiger partial charge in [-0.3, -0.25) is 24.6 Å². The van der Waals surface area contributed by atoms with Crippen LogP contribution in [-0.2, 0) is 20.9 Å². The average Bonchev–Trinajstić information content (AvgIpc) is 3.23. The first-order valence-corrected chi connectivity index (χ1v) is 14.6. The van der Waals surface area contributed by atoms with Gasteiger partial charge < -0.3 is 19.4 Å². The molecular formula is C30H43N5O5. The number of ether oxygens (including phenoxy) is 1. The monoisotopic (exact) mass is 553 g/mol. The van der Waals surface area contributed by atoms with Gasteiger partial charge in [-0.15, -0.1) is 0 Å².